The van der Waals surface area contributed by atoms with E-state index in [1.165, 1.54) is 0 Å². The largest absolute Gasteiger partial charge is 0.379 e. The van der Waals surface area contributed by atoms with Crippen molar-refractivity contribution in [3.63, 3.8) is 0 Å². The molecule has 13 heavy (non-hydrogen) atoms. The van der Waals surface area contributed by atoms with E-state index in [4.69, 9.17) is 0 Å². The van der Waals surface area contributed by atoms with Crippen LogP contribution in [0.2, 0.25) is 0 Å². The number of rotatable bonds is 0. The molecule has 0 aromatic rings. The van der Waals surface area contributed by atoms with Gasteiger partial charge in [-0.2, -0.15) is 13.2 Å². The van der Waals surface area contributed by atoms with Gasteiger partial charge in [0.2, 0.25) is 11.8 Å². The van der Waals surface area contributed by atoms with Crippen molar-refractivity contribution in [1.82, 2.24) is 5.32 Å². The maximum atomic E-state index is 10.8. The Balaban J connectivity index is 0.000000310. The topological polar surface area (TPSA) is 46.2 Å². The van der Waals surface area contributed by atoms with Crippen LogP contribution in [0, 0.1) is 5.41 Å². The van der Waals surface area contributed by atoms with Crippen LogP contribution in [0.15, 0.2) is 0 Å². The number of hydrogen-bond acceptors (Lipinski definition) is 2. The van der Waals surface area contributed by atoms with Crippen LogP contribution in [-0.2, 0) is 9.59 Å². The van der Waals surface area contributed by atoms with E-state index in [1.807, 2.05) is 0 Å². The summed E-state index contributed by atoms with van der Waals surface area (Å²) < 4.78 is 29.0. The molecule has 1 N–H and O–H groups in total. The Kier molecular flexibility index (Phi) is 3.90. The second-order valence-corrected chi connectivity index (χ2v) is 3.19. The molecule has 0 aromatic carbocycles. The van der Waals surface area contributed by atoms with Crippen molar-refractivity contribution >= 4 is 11.8 Å². The first kappa shape index (κ1) is 11.9. The monoisotopic (exact) mass is 197 g/mol. The molecule has 0 radical (unpaired) electrons. The molecule has 0 unspecified atom stereocenters. The molecule has 3 nitrogen and oxygen atoms in total. The van der Waals surface area contributed by atoms with Gasteiger partial charge < -0.3 is 0 Å². The molecule has 0 atom stereocenters. The van der Waals surface area contributed by atoms with Gasteiger partial charge >= 0.3 is 6.68 Å². The van der Waals surface area contributed by atoms with Crippen LogP contribution in [-0.4, -0.2) is 18.5 Å². The van der Waals surface area contributed by atoms with E-state index >= 15 is 0 Å². The highest BCUT2D eigenvalue weighted by Crippen LogP contribution is 2.24. The van der Waals surface area contributed by atoms with Gasteiger partial charge in [-0.05, 0) is 0 Å². The molecule has 2 amide bonds. The smallest absolute Gasteiger partial charge is 0.296 e. The third kappa shape index (κ3) is 4.49. The summed E-state index contributed by atoms with van der Waals surface area (Å²) in [6.45, 7) is -0.152. The van der Waals surface area contributed by atoms with Crippen molar-refractivity contribution in [3.8, 4) is 0 Å². The minimum atomic E-state index is -3.67. The Bertz CT molecular complexity index is 213. The molecule has 6 heteroatoms. The lowest BCUT2D eigenvalue weighted by molar-refractivity contribution is -0.127. The quantitative estimate of drug-likeness (QED) is 0.594. The number of alkyl halides is 3. The fourth-order valence-corrected chi connectivity index (χ4v) is 0.822. The molecule has 1 heterocycles. The van der Waals surface area contributed by atoms with E-state index in [9.17, 15) is 22.8 Å². The number of nitrogens with one attached hydrogen (secondary N) is 1. The minimum Gasteiger partial charge on any atom is -0.296 e. The lowest BCUT2D eigenvalue weighted by Gasteiger charge is -2.08. The summed E-state index contributed by atoms with van der Waals surface area (Å²) in [5.41, 5.74) is -0.475. The Morgan fingerprint density at radius 1 is 1.31 bits per heavy atom. The number of imide groups is 1. The number of halogens is 3. The molecule has 76 valence electrons. The van der Waals surface area contributed by atoms with Gasteiger partial charge in [0.1, 0.15) is 0 Å². The normalized spacial score (nSPS) is 19.5. The molecule has 1 aliphatic rings. The fourth-order valence-electron chi connectivity index (χ4n) is 0.822. The van der Waals surface area contributed by atoms with E-state index in [0.717, 1.165) is 0 Å². The highest BCUT2D eigenvalue weighted by atomic mass is 19.4. The molecule has 0 aliphatic carbocycles. The molecular weight excluding hydrogens is 187 g/mol. The summed E-state index contributed by atoms with van der Waals surface area (Å²) in [5, 5.41) is 2.23. The van der Waals surface area contributed by atoms with Gasteiger partial charge in [0, 0.05) is 6.42 Å². The number of carbonyl (C=O) groups is 2. The zero-order valence-electron chi connectivity index (χ0n) is 7.23. The molecule has 1 aliphatic heterocycles. The maximum absolute atomic E-state index is 10.8. The highest BCUT2D eigenvalue weighted by Gasteiger charge is 2.37. The Labute approximate surface area is 73.3 Å². The molecular formula is C7H10F3NO2. The fraction of sp³-hybridized carbons (Fsp3) is 0.714. The standard InChI is InChI=1S/C6H9NO2.CHF3/c1-6(2)3-4(8)7-5(6)9;2-1(3)4/h3H2,1-2H3,(H,7,8,9);1H. The molecule has 0 spiro atoms. The van der Waals surface area contributed by atoms with E-state index in [1.54, 1.807) is 13.8 Å². The average Bonchev–Trinajstić information content (AvgIpc) is 2.02. The van der Waals surface area contributed by atoms with E-state index in [-0.39, 0.29) is 11.8 Å². The minimum absolute atomic E-state index is 0.160. The van der Waals surface area contributed by atoms with Gasteiger partial charge in [0.05, 0.1) is 5.41 Å². The van der Waals surface area contributed by atoms with Crippen LogP contribution in [0.25, 0.3) is 0 Å². The summed E-state index contributed by atoms with van der Waals surface area (Å²) in [5.74, 6) is -0.322. The first-order valence-corrected chi connectivity index (χ1v) is 3.52. The van der Waals surface area contributed by atoms with Crippen molar-refractivity contribution in [2.45, 2.75) is 26.9 Å². The number of hydrogen-bond donors (Lipinski definition) is 1. The molecule has 1 saturated heterocycles. The van der Waals surface area contributed by atoms with E-state index in [2.05, 4.69) is 5.32 Å². The molecule has 0 saturated carbocycles. The van der Waals surface area contributed by atoms with Crippen LogP contribution >= 0.6 is 0 Å². The Morgan fingerprint density at radius 3 is 1.77 bits per heavy atom. The van der Waals surface area contributed by atoms with Crippen molar-refractivity contribution in [1.29, 1.82) is 0 Å². The van der Waals surface area contributed by atoms with Crippen LogP contribution in [0.5, 0.6) is 0 Å². The summed E-state index contributed by atoms with van der Waals surface area (Å²) >= 11 is 0. The Morgan fingerprint density at radius 2 is 1.69 bits per heavy atom. The predicted molar refractivity (Wildman–Crippen MR) is 38.7 cm³/mol. The van der Waals surface area contributed by atoms with Crippen molar-refractivity contribution in [2.75, 3.05) is 0 Å². The maximum Gasteiger partial charge on any atom is 0.379 e. The molecule has 1 rings (SSSR count). The zero-order chi connectivity index (χ0) is 10.6. The first-order valence-electron chi connectivity index (χ1n) is 3.52. The molecule has 0 aromatic heterocycles. The van der Waals surface area contributed by atoms with Gasteiger partial charge in [-0.15, -0.1) is 0 Å². The summed E-state index contributed by atoms with van der Waals surface area (Å²) in [6, 6.07) is 0. The SMILES string of the molecule is CC1(C)CC(=O)NC1=O.FC(F)F. The zero-order valence-corrected chi connectivity index (χ0v) is 7.23. The van der Waals surface area contributed by atoms with Crippen LogP contribution < -0.4 is 5.32 Å². The van der Waals surface area contributed by atoms with E-state index < -0.39 is 12.1 Å². The second-order valence-electron chi connectivity index (χ2n) is 3.19. The van der Waals surface area contributed by atoms with Gasteiger partial charge in [-0.25, -0.2) is 0 Å². The van der Waals surface area contributed by atoms with Crippen LogP contribution in [0.3, 0.4) is 0 Å². The second kappa shape index (κ2) is 4.25. The average molecular weight is 197 g/mol. The lowest BCUT2D eigenvalue weighted by Crippen LogP contribution is -2.26. The molecule has 0 bridgehead atoms. The number of carbonyl (C=O) groups excluding carboxylic acids is 2. The first-order chi connectivity index (χ1) is 5.75. The summed E-state index contributed by atoms with van der Waals surface area (Å²) in [6.07, 6.45) is 0.325. The third-order valence-corrected chi connectivity index (χ3v) is 1.47. The van der Waals surface area contributed by atoms with Gasteiger partial charge in [0.25, 0.3) is 0 Å². The third-order valence-electron chi connectivity index (χ3n) is 1.47. The number of amides is 2. The van der Waals surface area contributed by atoms with Gasteiger partial charge in [0.15, 0.2) is 0 Å². The van der Waals surface area contributed by atoms with E-state index in [0.29, 0.717) is 6.42 Å². The van der Waals surface area contributed by atoms with Gasteiger partial charge in [-0.1, -0.05) is 13.8 Å². The predicted octanol–water partition coefficient (Wildman–Crippen LogP) is 1.24. The highest BCUT2D eigenvalue weighted by molar-refractivity contribution is 6.05. The summed E-state index contributed by atoms with van der Waals surface area (Å²) in [4.78, 5) is 21.3. The van der Waals surface area contributed by atoms with Gasteiger partial charge in [-0.3, -0.25) is 14.9 Å². The van der Waals surface area contributed by atoms with Crippen LogP contribution in [0.1, 0.15) is 20.3 Å². The summed E-state index contributed by atoms with van der Waals surface area (Å²) in [7, 11) is 0. The Hall–Kier alpha value is -1.07. The lowest BCUT2D eigenvalue weighted by atomic mass is 9.92. The van der Waals surface area contributed by atoms with Crippen LogP contribution in [0.4, 0.5) is 13.2 Å². The van der Waals surface area contributed by atoms with Crippen molar-refractivity contribution < 1.29 is 22.8 Å². The van der Waals surface area contributed by atoms with Crippen molar-refractivity contribution in [3.05, 3.63) is 0 Å². The molecule has 1 fully saturated rings. The van der Waals surface area contributed by atoms with Crippen molar-refractivity contribution in [2.24, 2.45) is 5.41 Å².